The first-order chi connectivity index (χ1) is 7.65. The van der Waals surface area contributed by atoms with Gasteiger partial charge in [0.1, 0.15) is 11.6 Å². The lowest BCUT2D eigenvalue weighted by molar-refractivity contribution is 0.392. The van der Waals surface area contributed by atoms with Gasteiger partial charge in [-0.3, -0.25) is 4.21 Å². The maximum Gasteiger partial charge on any atom is 0.133 e. The van der Waals surface area contributed by atoms with Gasteiger partial charge < -0.3 is 4.52 Å². The SMILES string of the molecule is Cc1cc(CS(=O)c2cccc(F)c2)no1. The molecule has 0 radical (unpaired) electrons. The van der Waals surface area contributed by atoms with Gasteiger partial charge in [-0.1, -0.05) is 11.2 Å². The number of hydrogen-bond acceptors (Lipinski definition) is 3. The van der Waals surface area contributed by atoms with Gasteiger partial charge in [-0.2, -0.15) is 0 Å². The first kappa shape index (κ1) is 11.0. The predicted molar refractivity (Wildman–Crippen MR) is 57.8 cm³/mol. The van der Waals surface area contributed by atoms with Gasteiger partial charge in [0.2, 0.25) is 0 Å². The normalized spacial score (nSPS) is 12.6. The molecule has 1 atom stereocenters. The minimum Gasteiger partial charge on any atom is -0.361 e. The van der Waals surface area contributed by atoms with Gasteiger partial charge in [0, 0.05) is 11.0 Å². The molecule has 0 saturated heterocycles. The number of aromatic nitrogens is 1. The van der Waals surface area contributed by atoms with E-state index >= 15 is 0 Å². The van der Waals surface area contributed by atoms with E-state index in [2.05, 4.69) is 5.16 Å². The summed E-state index contributed by atoms with van der Waals surface area (Å²) in [5, 5.41) is 3.74. The lowest BCUT2D eigenvalue weighted by atomic mass is 10.3. The van der Waals surface area contributed by atoms with Gasteiger partial charge in [-0.05, 0) is 25.1 Å². The monoisotopic (exact) mass is 239 g/mol. The van der Waals surface area contributed by atoms with Crippen LogP contribution in [-0.2, 0) is 16.6 Å². The van der Waals surface area contributed by atoms with Crippen molar-refractivity contribution >= 4 is 10.8 Å². The molecule has 2 rings (SSSR count). The molecular formula is C11H10FNO2S. The number of hydrogen-bond donors (Lipinski definition) is 0. The summed E-state index contributed by atoms with van der Waals surface area (Å²) < 4.78 is 29.6. The Morgan fingerprint density at radius 3 is 2.88 bits per heavy atom. The van der Waals surface area contributed by atoms with Crippen molar-refractivity contribution in [3.8, 4) is 0 Å². The van der Waals surface area contributed by atoms with Crippen molar-refractivity contribution in [2.45, 2.75) is 17.6 Å². The quantitative estimate of drug-likeness (QED) is 0.826. The van der Waals surface area contributed by atoms with Crippen LogP contribution in [0.2, 0.25) is 0 Å². The number of halogens is 1. The average molecular weight is 239 g/mol. The number of nitrogens with zero attached hydrogens (tertiary/aromatic N) is 1. The molecular weight excluding hydrogens is 229 g/mol. The van der Waals surface area contributed by atoms with Crippen molar-refractivity contribution in [3.05, 3.63) is 47.6 Å². The predicted octanol–water partition coefficient (Wildman–Crippen LogP) is 2.43. The highest BCUT2D eigenvalue weighted by molar-refractivity contribution is 7.84. The van der Waals surface area contributed by atoms with E-state index in [1.165, 1.54) is 18.2 Å². The Bertz CT molecular complexity index is 524. The van der Waals surface area contributed by atoms with Crippen LogP contribution in [0.3, 0.4) is 0 Å². The molecule has 16 heavy (non-hydrogen) atoms. The third-order valence-electron chi connectivity index (χ3n) is 2.01. The molecule has 0 aliphatic rings. The van der Waals surface area contributed by atoms with Crippen molar-refractivity contribution in [1.82, 2.24) is 5.16 Å². The highest BCUT2D eigenvalue weighted by atomic mass is 32.2. The summed E-state index contributed by atoms with van der Waals surface area (Å²) in [6.45, 7) is 1.77. The number of benzene rings is 1. The van der Waals surface area contributed by atoms with Crippen LogP contribution in [0, 0.1) is 12.7 Å². The fourth-order valence-electron chi connectivity index (χ4n) is 1.31. The average Bonchev–Trinajstić information content (AvgIpc) is 2.64. The van der Waals surface area contributed by atoms with E-state index in [0.717, 1.165) is 0 Å². The fraction of sp³-hybridized carbons (Fsp3) is 0.182. The third kappa shape index (κ3) is 2.55. The van der Waals surface area contributed by atoms with Crippen LogP contribution in [0.15, 0.2) is 39.8 Å². The van der Waals surface area contributed by atoms with Crippen LogP contribution in [-0.4, -0.2) is 9.37 Å². The molecule has 5 heteroatoms. The van der Waals surface area contributed by atoms with Gasteiger partial charge in [0.05, 0.1) is 22.2 Å². The Morgan fingerprint density at radius 1 is 1.44 bits per heavy atom. The lowest BCUT2D eigenvalue weighted by Crippen LogP contribution is -1.97. The van der Waals surface area contributed by atoms with Gasteiger partial charge in [0.15, 0.2) is 0 Å². The van der Waals surface area contributed by atoms with E-state index in [4.69, 9.17) is 4.52 Å². The van der Waals surface area contributed by atoms with Crippen LogP contribution < -0.4 is 0 Å². The Kier molecular flexibility index (Phi) is 3.14. The fourth-order valence-corrected chi connectivity index (χ4v) is 2.36. The molecule has 0 aliphatic heterocycles. The smallest absolute Gasteiger partial charge is 0.133 e. The summed E-state index contributed by atoms with van der Waals surface area (Å²) in [6, 6.07) is 7.48. The van der Waals surface area contributed by atoms with Crippen molar-refractivity contribution in [2.75, 3.05) is 0 Å². The van der Waals surface area contributed by atoms with Crippen LogP contribution in [0.4, 0.5) is 4.39 Å². The highest BCUT2D eigenvalue weighted by Crippen LogP contribution is 2.13. The Morgan fingerprint density at radius 2 is 2.25 bits per heavy atom. The van der Waals surface area contributed by atoms with E-state index in [1.54, 1.807) is 19.1 Å². The molecule has 0 saturated carbocycles. The Balaban J connectivity index is 2.14. The first-order valence-electron chi connectivity index (χ1n) is 4.71. The van der Waals surface area contributed by atoms with Crippen molar-refractivity contribution in [2.24, 2.45) is 0 Å². The number of aryl methyl sites for hydroxylation is 1. The summed E-state index contributed by atoms with van der Waals surface area (Å²) in [6.07, 6.45) is 0. The second-order valence-corrected chi connectivity index (χ2v) is 4.83. The maximum atomic E-state index is 12.9. The maximum absolute atomic E-state index is 12.9. The largest absolute Gasteiger partial charge is 0.361 e. The zero-order valence-corrected chi connectivity index (χ0v) is 9.46. The standard InChI is InChI=1S/C11H10FNO2S/c1-8-5-10(13-15-8)7-16(14)11-4-2-3-9(12)6-11/h2-6H,7H2,1H3. The van der Waals surface area contributed by atoms with Gasteiger partial charge >= 0.3 is 0 Å². The summed E-state index contributed by atoms with van der Waals surface area (Å²) in [4.78, 5) is 0.459. The zero-order chi connectivity index (χ0) is 11.5. The summed E-state index contributed by atoms with van der Waals surface area (Å²) in [7, 11) is -1.29. The van der Waals surface area contributed by atoms with Crippen molar-refractivity contribution in [1.29, 1.82) is 0 Å². The Hall–Kier alpha value is -1.49. The molecule has 0 N–H and O–H groups in total. The van der Waals surface area contributed by atoms with Crippen molar-refractivity contribution < 1.29 is 13.1 Å². The van der Waals surface area contributed by atoms with E-state index < -0.39 is 10.8 Å². The zero-order valence-electron chi connectivity index (χ0n) is 8.64. The molecule has 0 fully saturated rings. The first-order valence-corrected chi connectivity index (χ1v) is 6.03. The summed E-state index contributed by atoms with van der Waals surface area (Å²) >= 11 is 0. The second kappa shape index (κ2) is 4.57. The minimum atomic E-state index is -1.29. The molecule has 1 aromatic heterocycles. The van der Waals surface area contributed by atoms with Gasteiger partial charge in [-0.25, -0.2) is 4.39 Å². The molecule has 0 aliphatic carbocycles. The molecule has 84 valence electrons. The third-order valence-corrected chi connectivity index (χ3v) is 3.35. The molecule has 2 aromatic rings. The topological polar surface area (TPSA) is 43.1 Å². The van der Waals surface area contributed by atoms with Crippen LogP contribution >= 0.6 is 0 Å². The van der Waals surface area contributed by atoms with Gasteiger partial charge in [0.25, 0.3) is 0 Å². The molecule has 3 nitrogen and oxygen atoms in total. The van der Waals surface area contributed by atoms with Crippen LogP contribution in [0.25, 0.3) is 0 Å². The second-order valence-electron chi connectivity index (χ2n) is 3.38. The lowest BCUT2D eigenvalue weighted by Gasteiger charge is -1.99. The molecule has 1 heterocycles. The van der Waals surface area contributed by atoms with Crippen molar-refractivity contribution in [3.63, 3.8) is 0 Å². The molecule has 1 unspecified atom stereocenters. The minimum absolute atomic E-state index is 0.237. The summed E-state index contributed by atoms with van der Waals surface area (Å²) in [5.74, 6) is 0.522. The summed E-state index contributed by atoms with van der Waals surface area (Å²) in [5.41, 5.74) is 0.611. The highest BCUT2D eigenvalue weighted by Gasteiger charge is 2.09. The molecule has 0 amide bonds. The molecule has 0 bridgehead atoms. The number of rotatable bonds is 3. The van der Waals surface area contributed by atoms with Gasteiger partial charge in [-0.15, -0.1) is 0 Å². The van der Waals surface area contributed by atoms with Crippen LogP contribution in [0.1, 0.15) is 11.5 Å². The van der Waals surface area contributed by atoms with E-state index in [0.29, 0.717) is 16.3 Å². The molecule has 0 spiro atoms. The van der Waals surface area contributed by atoms with E-state index in [-0.39, 0.29) is 11.6 Å². The van der Waals surface area contributed by atoms with Crippen LogP contribution in [0.5, 0.6) is 0 Å². The van der Waals surface area contributed by atoms with E-state index in [9.17, 15) is 8.60 Å². The molecule has 1 aromatic carbocycles. The Labute approximate surface area is 94.7 Å². The van der Waals surface area contributed by atoms with E-state index in [1.807, 2.05) is 0 Å².